The standard InChI is InChI=1S/C20H22S/c1-17-9-3-5-11-19(17)13-7-15-21-16-8-14-20-12-6-4-10-18(20)2/h3-14H,15-16H2,1-2H3. The van der Waals surface area contributed by atoms with E-state index >= 15 is 0 Å². The lowest BCUT2D eigenvalue weighted by molar-refractivity contribution is 1.44. The molecule has 0 nitrogen and oxygen atoms in total. The topological polar surface area (TPSA) is 0 Å². The van der Waals surface area contributed by atoms with Crippen LogP contribution in [0.2, 0.25) is 0 Å². The molecule has 0 saturated carbocycles. The molecule has 0 aromatic heterocycles. The molecule has 2 aromatic carbocycles. The van der Waals surface area contributed by atoms with E-state index in [1.807, 2.05) is 11.8 Å². The fourth-order valence-electron chi connectivity index (χ4n) is 2.10. The van der Waals surface area contributed by atoms with E-state index in [9.17, 15) is 0 Å². The van der Waals surface area contributed by atoms with Crippen molar-refractivity contribution in [1.82, 2.24) is 0 Å². The van der Waals surface area contributed by atoms with Crippen molar-refractivity contribution in [2.45, 2.75) is 13.8 Å². The van der Waals surface area contributed by atoms with Crippen LogP contribution in [-0.4, -0.2) is 11.5 Å². The van der Waals surface area contributed by atoms with Gasteiger partial charge in [-0.1, -0.05) is 72.8 Å². The first kappa shape index (κ1) is 15.7. The van der Waals surface area contributed by atoms with Gasteiger partial charge in [0.1, 0.15) is 0 Å². The van der Waals surface area contributed by atoms with Crippen LogP contribution in [0, 0.1) is 13.8 Å². The molecule has 0 saturated heterocycles. The highest BCUT2D eigenvalue weighted by Crippen LogP contribution is 2.12. The highest BCUT2D eigenvalue weighted by Gasteiger charge is 1.91. The summed E-state index contributed by atoms with van der Waals surface area (Å²) in [6, 6.07) is 17.0. The maximum Gasteiger partial charge on any atom is 0.0119 e. The summed E-state index contributed by atoms with van der Waals surface area (Å²) < 4.78 is 0. The Balaban J connectivity index is 1.73. The molecule has 108 valence electrons. The van der Waals surface area contributed by atoms with Gasteiger partial charge in [-0.15, -0.1) is 0 Å². The van der Waals surface area contributed by atoms with Crippen molar-refractivity contribution in [3.05, 3.63) is 82.9 Å². The zero-order valence-corrected chi connectivity index (χ0v) is 13.6. The molecule has 21 heavy (non-hydrogen) atoms. The maximum atomic E-state index is 2.24. The van der Waals surface area contributed by atoms with Crippen LogP contribution in [0.1, 0.15) is 22.3 Å². The van der Waals surface area contributed by atoms with Gasteiger partial charge >= 0.3 is 0 Å². The van der Waals surface area contributed by atoms with E-state index in [-0.39, 0.29) is 0 Å². The Morgan fingerprint density at radius 3 is 1.57 bits per heavy atom. The van der Waals surface area contributed by atoms with E-state index in [1.54, 1.807) is 0 Å². The third-order valence-electron chi connectivity index (χ3n) is 3.40. The summed E-state index contributed by atoms with van der Waals surface area (Å²) >= 11 is 1.93. The molecule has 2 rings (SSSR count). The number of benzene rings is 2. The lowest BCUT2D eigenvalue weighted by atomic mass is 10.1. The molecular formula is C20H22S. The second-order valence-electron chi connectivity index (χ2n) is 5.06. The van der Waals surface area contributed by atoms with E-state index in [0.717, 1.165) is 11.5 Å². The quantitative estimate of drug-likeness (QED) is 0.610. The highest BCUT2D eigenvalue weighted by atomic mass is 32.2. The normalized spacial score (nSPS) is 11.5. The van der Waals surface area contributed by atoms with Crippen LogP contribution in [-0.2, 0) is 0 Å². The van der Waals surface area contributed by atoms with E-state index in [0.29, 0.717) is 0 Å². The second kappa shape index (κ2) is 8.53. The van der Waals surface area contributed by atoms with E-state index < -0.39 is 0 Å². The van der Waals surface area contributed by atoms with Crippen molar-refractivity contribution in [2.75, 3.05) is 11.5 Å². The first-order valence-electron chi connectivity index (χ1n) is 7.29. The van der Waals surface area contributed by atoms with Crippen molar-refractivity contribution in [3.8, 4) is 0 Å². The summed E-state index contributed by atoms with van der Waals surface area (Å²) in [6.45, 7) is 4.30. The van der Waals surface area contributed by atoms with Crippen LogP contribution in [0.4, 0.5) is 0 Å². The van der Waals surface area contributed by atoms with Gasteiger partial charge in [-0.05, 0) is 36.1 Å². The fraction of sp³-hybridized carbons (Fsp3) is 0.200. The molecule has 0 heterocycles. The van der Waals surface area contributed by atoms with Gasteiger partial charge in [0.15, 0.2) is 0 Å². The summed E-state index contributed by atoms with van der Waals surface area (Å²) in [6.07, 6.45) is 8.92. The molecule has 0 N–H and O–H groups in total. The van der Waals surface area contributed by atoms with Crippen molar-refractivity contribution in [1.29, 1.82) is 0 Å². The van der Waals surface area contributed by atoms with Crippen LogP contribution < -0.4 is 0 Å². The van der Waals surface area contributed by atoms with Crippen LogP contribution in [0.5, 0.6) is 0 Å². The van der Waals surface area contributed by atoms with Gasteiger partial charge in [0.2, 0.25) is 0 Å². The lowest BCUT2D eigenvalue weighted by Crippen LogP contribution is -1.80. The lowest BCUT2D eigenvalue weighted by Gasteiger charge is -1.99. The van der Waals surface area contributed by atoms with Gasteiger partial charge in [0.05, 0.1) is 0 Å². The molecule has 0 aliphatic carbocycles. The van der Waals surface area contributed by atoms with Gasteiger partial charge in [-0.3, -0.25) is 0 Å². The van der Waals surface area contributed by atoms with Crippen molar-refractivity contribution >= 4 is 23.9 Å². The third kappa shape index (κ3) is 5.28. The average molecular weight is 294 g/mol. The molecule has 1 heteroatoms. The number of hydrogen-bond donors (Lipinski definition) is 0. The molecular weight excluding hydrogens is 272 g/mol. The summed E-state index contributed by atoms with van der Waals surface area (Å²) in [7, 11) is 0. The summed E-state index contributed by atoms with van der Waals surface area (Å²) in [5.41, 5.74) is 5.29. The minimum absolute atomic E-state index is 1.05. The Hall–Kier alpha value is -1.73. The van der Waals surface area contributed by atoms with Gasteiger partial charge < -0.3 is 0 Å². The second-order valence-corrected chi connectivity index (χ2v) is 6.13. The van der Waals surface area contributed by atoms with Crippen LogP contribution >= 0.6 is 11.8 Å². The predicted molar refractivity (Wildman–Crippen MR) is 97.8 cm³/mol. The van der Waals surface area contributed by atoms with Crippen LogP contribution in [0.25, 0.3) is 12.2 Å². The van der Waals surface area contributed by atoms with E-state index in [4.69, 9.17) is 0 Å². The molecule has 0 radical (unpaired) electrons. The number of hydrogen-bond acceptors (Lipinski definition) is 1. The molecule has 0 atom stereocenters. The maximum absolute atomic E-state index is 2.24. The average Bonchev–Trinajstić information content (AvgIpc) is 2.50. The Kier molecular flexibility index (Phi) is 6.36. The smallest absolute Gasteiger partial charge is 0.0119 e. The fourth-order valence-corrected chi connectivity index (χ4v) is 2.70. The first-order chi connectivity index (χ1) is 10.3. The van der Waals surface area contributed by atoms with Gasteiger partial charge in [-0.2, -0.15) is 11.8 Å². The number of aryl methyl sites for hydroxylation is 2. The summed E-state index contributed by atoms with van der Waals surface area (Å²) in [4.78, 5) is 0. The zero-order chi connectivity index (χ0) is 14.9. The Labute approximate surface area is 132 Å². The van der Waals surface area contributed by atoms with Crippen molar-refractivity contribution in [2.24, 2.45) is 0 Å². The van der Waals surface area contributed by atoms with Crippen LogP contribution in [0.3, 0.4) is 0 Å². The van der Waals surface area contributed by atoms with E-state index in [1.165, 1.54) is 22.3 Å². The summed E-state index contributed by atoms with van der Waals surface area (Å²) in [5.74, 6) is 2.10. The van der Waals surface area contributed by atoms with Crippen LogP contribution in [0.15, 0.2) is 60.7 Å². The molecule has 0 unspecified atom stereocenters. The SMILES string of the molecule is Cc1ccccc1C=CCSCC=Cc1ccccc1C. The number of rotatable bonds is 6. The molecule has 2 aromatic rings. The monoisotopic (exact) mass is 294 g/mol. The molecule has 0 aliphatic rings. The molecule has 0 spiro atoms. The minimum atomic E-state index is 1.05. The van der Waals surface area contributed by atoms with Crippen molar-refractivity contribution < 1.29 is 0 Å². The molecule has 0 amide bonds. The highest BCUT2D eigenvalue weighted by molar-refractivity contribution is 7.99. The predicted octanol–water partition coefficient (Wildman–Crippen LogP) is 5.76. The van der Waals surface area contributed by atoms with Gasteiger partial charge in [-0.25, -0.2) is 0 Å². The Morgan fingerprint density at radius 2 is 1.14 bits per heavy atom. The largest absolute Gasteiger partial charge is 0.154 e. The Bertz CT molecular complexity index is 568. The number of thioether (sulfide) groups is 1. The first-order valence-corrected chi connectivity index (χ1v) is 8.45. The zero-order valence-electron chi connectivity index (χ0n) is 12.8. The van der Waals surface area contributed by atoms with Gasteiger partial charge in [0, 0.05) is 11.5 Å². The van der Waals surface area contributed by atoms with E-state index in [2.05, 4.69) is 86.7 Å². The van der Waals surface area contributed by atoms with Crippen molar-refractivity contribution in [3.63, 3.8) is 0 Å². The minimum Gasteiger partial charge on any atom is -0.154 e. The summed E-state index contributed by atoms with van der Waals surface area (Å²) in [5, 5.41) is 0. The molecule has 0 fully saturated rings. The third-order valence-corrected chi connectivity index (χ3v) is 4.26. The Morgan fingerprint density at radius 1 is 0.714 bits per heavy atom. The molecule has 0 aliphatic heterocycles. The van der Waals surface area contributed by atoms with Gasteiger partial charge in [0.25, 0.3) is 0 Å². The molecule has 0 bridgehead atoms.